The molecule has 0 aliphatic carbocycles. The molecule has 0 radical (unpaired) electrons. The van der Waals surface area contributed by atoms with Crippen molar-refractivity contribution in [2.45, 2.75) is 19.8 Å². The summed E-state index contributed by atoms with van der Waals surface area (Å²) in [6.07, 6.45) is 5.38. The molecule has 1 unspecified atom stereocenters. The smallest absolute Gasteiger partial charge is 0.251 e. The first-order valence-corrected chi connectivity index (χ1v) is 7.68. The molecule has 3 rings (SSSR count). The van der Waals surface area contributed by atoms with E-state index in [1.54, 1.807) is 11.0 Å². The van der Waals surface area contributed by atoms with Crippen LogP contribution in [0.4, 0.5) is 0 Å². The largest absolute Gasteiger partial charge is 0.352 e. The van der Waals surface area contributed by atoms with Crippen LogP contribution in [0, 0.1) is 12.8 Å². The normalized spacial score (nSPS) is 17.6. The highest BCUT2D eigenvalue weighted by molar-refractivity contribution is 5.95. The monoisotopic (exact) mass is 299 g/mol. The van der Waals surface area contributed by atoms with Crippen LogP contribution in [-0.2, 0) is 0 Å². The first kappa shape index (κ1) is 14.7. The maximum absolute atomic E-state index is 12.3. The van der Waals surface area contributed by atoms with Crippen molar-refractivity contribution in [1.82, 2.24) is 25.4 Å². The van der Waals surface area contributed by atoms with E-state index >= 15 is 0 Å². The zero-order valence-corrected chi connectivity index (χ0v) is 12.7. The molecule has 2 N–H and O–H groups in total. The zero-order valence-electron chi connectivity index (χ0n) is 12.7. The summed E-state index contributed by atoms with van der Waals surface area (Å²) in [6.45, 7) is 4.84. The molecule has 0 spiro atoms. The lowest BCUT2D eigenvalue weighted by atomic mass is 10.0. The van der Waals surface area contributed by atoms with Crippen molar-refractivity contribution >= 4 is 5.91 Å². The van der Waals surface area contributed by atoms with Crippen molar-refractivity contribution in [1.29, 1.82) is 0 Å². The molecule has 1 aromatic heterocycles. The number of nitrogens with one attached hydrogen (secondary N) is 2. The summed E-state index contributed by atoms with van der Waals surface area (Å²) in [4.78, 5) is 16.2. The molecule has 6 nitrogen and oxygen atoms in total. The molecule has 2 heterocycles. The number of rotatable bonds is 5. The van der Waals surface area contributed by atoms with Gasteiger partial charge < -0.3 is 10.6 Å². The molecule has 2 aromatic rings. The Morgan fingerprint density at radius 3 is 3.09 bits per heavy atom. The van der Waals surface area contributed by atoms with Gasteiger partial charge in [-0.2, -0.15) is 5.10 Å². The van der Waals surface area contributed by atoms with Gasteiger partial charge in [0.15, 0.2) is 0 Å². The fraction of sp³-hybridized carbons (Fsp3) is 0.438. The van der Waals surface area contributed by atoms with Gasteiger partial charge in [-0.25, -0.2) is 9.67 Å². The predicted molar refractivity (Wildman–Crippen MR) is 84.0 cm³/mol. The van der Waals surface area contributed by atoms with Crippen LogP contribution in [0.15, 0.2) is 30.9 Å². The maximum atomic E-state index is 12.3. The van der Waals surface area contributed by atoms with Crippen LogP contribution in [0.25, 0.3) is 5.69 Å². The lowest BCUT2D eigenvalue weighted by Gasteiger charge is -2.11. The van der Waals surface area contributed by atoms with E-state index in [-0.39, 0.29) is 5.91 Å². The van der Waals surface area contributed by atoms with Crippen LogP contribution in [-0.4, -0.2) is 40.3 Å². The average Bonchev–Trinajstić information content (AvgIpc) is 3.20. The summed E-state index contributed by atoms with van der Waals surface area (Å²) in [5.41, 5.74) is 2.56. The van der Waals surface area contributed by atoms with Gasteiger partial charge in [-0.15, -0.1) is 0 Å². The summed E-state index contributed by atoms with van der Waals surface area (Å²) in [7, 11) is 0. The third kappa shape index (κ3) is 3.33. The highest BCUT2D eigenvalue weighted by Crippen LogP contribution is 2.14. The molecule has 1 fully saturated rings. The van der Waals surface area contributed by atoms with Crippen molar-refractivity contribution in [2.24, 2.45) is 5.92 Å². The summed E-state index contributed by atoms with van der Waals surface area (Å²) in [5.74, 6) is 0.685. The lowest BCUT2D eigenvalue weighted by Crippen LogP contribution is -2.27. The SMILES string of the molecule is Cc1cc(-n2cncn2)ccc1C(=O)NCCC1CCNC1. The van der Waals surface area contributed by atoms with E-state index in [0.717, 1.165) is 37.3 Å². The molecule has 1 aliphatic heterocycles. The van der Waals surface area contributed by atoms with E-state index in [1.165, 1.54) is 12.7 Å². The Kier molecular flexibility index (Phi) is 4.48. The summed E-state index contributed by atoms with van der Waals surface area (Å²) < 4.78 is 1.68. The molecular formula is C16H21N5O. The maximum Gasteiger partial charge on any atom is 0.251 e. The summed E-state index contributed by atoms with van der Waals surface area (Å²) in [6, 6.07) is 5.68. The highest BCUT2D eigenvalue weighted by atomic mass is 16.1. The van der Waals surface area contributed by atoms with Gasteiger partial charge in [-0.3, -0.25) is 4.79 Å². The number of nitrogens with zero attached hydrogens (tertiary/aromatic N) is 3. The second-order valence-corrected chi connectivity index (χ2v) is 5.74. The predicted octanol–water partition coefficient (Wildman–Crippen LogP) is 1.31. The van der Waals surface area contributed by atoms with Crippen LogP contribution in [0.1, 0.15) is 28.8 Å². The lowest BCUT2D eigenvalue weighted by molar-refractivity contribution is 0.0951. The molecule has 6 heteroatoms. The Morgan fingerprint density at radius 1 is 1.50 bits per heavy atom. The number of aromatic nitrogens is 3. The minimum Gasteiger partial charge on any atom is -0.352 e. The quantitative estimate of drug-likeness (QED) is 0.873. The fourth-order valence-electron chi connectivity index (χ4n) is 2.83. The number of amides is 1. The highest BCUT2D eigenvalue weighted by Gasteiger charge is 2.15. The van der Waals surface area contributed by atoms with Gasteiger partial charge in [0.05, 0.1) is 5.69 Å². The molecule has 1 saturated heterocycles. The number of carbonyl (C=O) groups excluding carboxylic acids is 1. The summed E-state index contributed by atoms with van der Waals surface area (Å²) >= 11 is 0. The Hall–Kier alpha value is -2.21. The van der Waals surface area contributed by atoms with Gasteiger partial charge in [-0.05, 0) is 62.5 Å². The Bertz CT molecular complexity index is 632. The minimum atomic E-state index is -0.00593. The van der Waals surface area contributed by atoms with Gasteiger partial charge >= 0.3 is 0 Å². The zero-order chi connectivity index (χ0) is 15.4. The van der Waals surface area contributed by atoms with Crippen LogP contribution in [0.3, 0.4) is 0 Å². The second-order valence-electron chi connectivity index (χ2n) is 5.74. The minimum absolute atomic E-state index is 0.00593. The van der Waals surface area contributed by atoms with Crippen LogP contribution in [0.2, 0.25) is 0 Å². The fourth-order valence-corrected chi connectivity index (χ4v) is 2.83. The molecule has 1 aromatic carbocycles. The van der Waals surface area contributed by atoms with Crippen molar-refractivity contribution < 1.29 is 4.79 Å². The van der Waals surface area contributed by atoms with Crippen LogP contribution >= 0.6 is 0 Å². The van der Waals surface area contributed by atoms with E-state index in [2.05, 4.69) is 20.7 Å². The van der Waals surface area contributed by atoms with Crippen molar-refractivity contribution in [3.05, 3.63) is 42.0 Å². The molecular weight excluding hydrogens is 278 g/mol. The molecule has 0 saturated carbocycles. The average molecular weight is 299 g/mol. The summed E-state index contributed by atoms with van der Waals surface area (Å²) in [5, 5.41) is 10.5. The number of benzene rings is 1. The number of hydrogen-bond acceptors (Lipinski definition) is 4. The van der Waals surface area contributed by atoms with Crippen molar-refractivity contribution in [2.75, 3.05) is 19.6 Å². The van der Waals surface area contributed by atoms with E-state index in [1.807, 2.05) is 25.1 Å². The van der Waals surface area contributed by atoms with Gasteiger partial charge in [0, 0.05) is 12.1 Å². The third-order valence-corrected chi connectivity index (χ3v) is 4.14. The second kappa shape index (κ2) is 6.70. The molecule has 1 atom stereocenters. The number of aryl methyl sites for hydroxylation is 1. The first-order chi connectivity index (χ1) is 10.7. The van der Waals surface area contributed by atoms with Gasteiger partial charge in [0.2, 0.25) is 0 Å². The molecule has 116 valence electrons. The van der Waals surface area contributed by atoms with E-state index in [0.29, 0.717) is 11.5 Å². The Morgan fingerprint density at radius 2 is 2.41 bits per heavy atom. The van der Waals surface area contributed by atoms with Crippen LogP contribution in [0.5, 0.6) is 0 Å². The van der Waals surface area contributed by atoms with Crippen molar-refractivity contribution in [3.8, 4) is 5.69 Å². The van der Waals surface area contributed by atoms with E-state index < -0.39 is 0 Å². The van der Waals surface area contributed by atoms with E-state index in [4.69, 9.17) is 0 Å². The molecule has 1 amide bonds. The Labute approximate surface area is 129 Å². The third-order valence-electron chi connectivity index (χ3n) is 4.14. The number of carbonyl (C=O) groups is 1. The van der Waals surface area contributed by atoms with Gasteiger partial charge in [0.1, 0.15) is 12.7 Å². The van der Waals surface area contributed by atoms with Gasteiger partial charge in [-0.1, -0.05) is 0 Å². The first-order valence-electron chi connectivity index (χ1n) is 7.68. The Balaban J connectivity index is 1.60. The van der Waals surface area contributed by atoms with E-state index in [9.17, 15) is 4.79 Å². The topological polar surface area (TPSA) is 71.8 Å². The molecule has 0 bridgehead atoms. The molecule has 1 aliphatic rings. The van der Waals surface area contributed by atoms with Crippen molar-refractivity contribution in [3.63, 3.8) is 0 Å². The standard InChI is InChI=1S/C16H21N5O/c1-12-8-14(21-11-18-10-20-21)2-3-15(12)16(22)19-7-5-13-4-6-17-9-13/h2-3,8,10-11,13,17H,4-7,9H2,1H3,(H,19,22). The van der Waals surface area contributed by atoms with Crippen LogP contribution < -0.4 is 10.6 Å². The molecule has 22 heavy (non-hydrogen) atoms. The van der Waals surface area contributed by atoms with Gasteiger partial charge in [0.25, 0.3) is 5.91 Å². The number of hydrogen-bond donors (Lipinski definition) is 2.